The molecule has 1 heteroatoms. The van der Waals surface area contributed by atoms with Crippen molar-refractivity contribution in [2.45, 2.75) is 6.92 Å². The fourth-order valence-corrected chi connectivity index (χ4v) is 0.842. The van der Waals surface area contributed by atoms with Gasteiger partial charge in [-0.1, -0.05) is 24.3 Å². The van der Waals surface area contributed by atoms with Crippen LogP contribution in [-0.4, -0.2) is 0 Å². The molecule has 0 aliphatic heterocycles. The van der Waals surface area contributed by atoms with Gasteiger partial charge < -0.3 is 0 Å². The van der Waals surface area contributed by atoms with Gasteiger partial charge in [-0.25, -0.2) is 4.39 Å². The highest BCUT2D eigenvalue weighted by molar-refractivity contribution is 5.52. The number of hydrogen-bond donors (Lipinski definition) is 0. The number of halogens is 1. The van der Waals surface area contributed by atoms with Gasteiger partial charge in [0.2, 0.25) is 0 Å². The van der Waals surface area contributed by atoms with Gasteiger partial charge in [-0.3, -0.25) is 0 Å². The van der Waals surface area contributed by atoms with Crippen LogP contribution in [-0.2, 0) is 0 Å². The summed E-state index contributed by atoms with van der Waals surface area (Å²) >= 11 is 0. The second kappa shape index (κ2) is 3.16. The van der Waals surface area contributed by atoms with Crippen molar-refractivity contribution >= 4 is 6.08 Å². The molecule has 0 bridgehead atoms. The van der Waals surface area contributed by atoms with Gasteiger partial charge in [-0.05, 0) is 24.1 Å². The highest BCUT2D eigenvalue weighted by Gasteiger charge is 1.88. The van der Waals surface area contributed by atoms with Crippen molar-refractivity contribution in [2.24, 2.45) is 0 Å². The maximum absolute atomic E-state index is 11.7. The summed E-state index contributed by atoms with van der Waals surface area (Å²) in [7, 11) is 0. The van der Waals surface area contributed by atoms with Crippen molar-refractivity contribution in [3.8, 4) is 0 Å². The van der Waals surface area contributed by atoms with E-state index in [9.17, 15) is 4.39 Å². The Labute approximate surface area is 60.0 Å². The fraction of sp³-hybridized carbons (Fsp3) is 0.111. The van der Waals surface area contributed by atoms with Crippen molar-refractivity contribution in [1.82, 2.24) is 0 Å². The van der Waals surface area contributed by atoms with Gasteiger partial charge >= 0.3 is 0 Å². The number of rotatable bonds is 1. The third kappa shape index (κ3) is 1.44. The number of hydrogen-bond acceptors (Lipinski definition) is 0. The van der Waals surface area contributed by atoms with E-state index in [4.69, 9.17) is 0 Å². The van der Waals surface area contributed by atoms with E-state index in [1.54, 1.807) is 0 Å². The minimum absolute atomic E-state index is 0.558. The first kappa shape index (κ1) is 7.00. The van der Waals surface area contributed by atoms with E-state index in [0.717, 1.165) is 11.1 Å². The zero-order valence-corrected chi connectivity index (χ0v) is 5.84. The Morgan fingerprint density at radius 1 is 1.30 bits per heavy atom. The standard InChI is InChI=1S/C9H9F/c1-8-4-2-3-5-9(8)6-7-10/h2-7H,1H3/b7-6+. The predicted octanol–water partition coefficient (Wildman–Crippen LogP) is 2.94. The third-order valence-corrected chi connectivity index (χ3v) is 1.43. The topological polar surface area (TPSA) is 0 Å². The molecule has 1 aromatic carbocycles. The van der Waals surface area contributed by atoms with E-state index in [0.29, 0.717) is 6.33 Å². The van der Waals surface area contributed by atoms with Gasteiger partial charge in [0, 0.05) is 0 Å². The first-order valence-electron chi connectivity index (χ1n) is 3.17. The third-order valence-electron chi connectivity index (χ3n) is 1.43. The molecule has 0 saturated heterocycles. The first-order valence-corrected chi connectivity index (χ1v) is 3.17. The Morgan fingerprint density at radius 3 is 2.60 bits per heavy atom. The van der Waals surface area contributed by atoms with Crippen LogP contribution in [0, 0.1) is 6.92 Å². The molecule has 10 heavy (non-hydrogen) atoms. The Kier molecular flexibility index (Phi) is 2.21. The Bertz CT molecular complexity index is 238. The first-order chi connectivity index (χ1) is 4.84. The second-order valence-electron chi connectivity index (χ2n) is 2.15. The summed E-state index contributed by atoms with van der Waals surface area (Å²) < 4.78 is 11.7. The van der Waals surface area contributed by atoms with E-state index >= 15 is 0 Å². The fourth-order valence-electron chi connectivity index (χ4n) is 0.842. The quantitative estimate of drug-likeness (QED) is 0.556. The van der Waals surface area contributed by atoms with Crippen LogP contribution in [0.3, 0.4) is 0 Å². The van der Waals surface area contributed by atoms with E-state index < -0.39 is 0 Å². The average Bonchev–Trinajstić information content (AvgIpc) is 1.94. The van der Waals surface area contributed by atoms with Crippen LogP contribution in [0.5, 0.6) is 0 Å². The lowest BCUT2D eigenvalue weighted by Crippen LogP contribution is -1.76. The lowest BCUT2D eigenvalue weighted by atomic mass is 10.1. The summed E-state index contributed by atoms with van der Waals surface area (Å²) in [6, 6.07) is 7.66. The molecule has 0 aromatic heterocycles. The summed E-state index contributed by atoms with van der Waals surface area (Å²) in [5.41, 5.74) is 2.03. The molecule has 0 saturated carbocycles. The average molecular weight is 136 g/mol. The Morgan fingerprint density at radius 2 is 2.00 bits per heavy atom. The van der Waals surface area contributed by atoms with Crippen molar-refractivity contribution in [2.75, 3.05) is 0 Å². The maximum Gasteiger partial charge on any atom is 0.0872 e. The highest BCUT2D eigenvalue weighted by Crippen LogP contribution is 2.08. The van der Waals surface area contributed by atoms with Crippen molar-refractivity contribution < 1.29 is 4.39 Å². The molecule has 0 amide bonds. The van der Waals surface area contributed by atoms with Crippen LogP contribution in [0.1, 0.15) is 11.1 Å². The number of aryl methyl sites for hydroxylation is 1. The van der Waals surface area contributed by atoms with Crippen LogP contribution < -0.4 is 0 Å². The molecule has 0 heterocycles. The molecular weight excluding hydrogens is 127 g/mol. The summed E-state index contributed by atoms with van der Waals surface area (Å²) in [5, 5.41) is 0. The molecule has 52 valence electrons. The monoisotopic (exact) mass is 136 g/mol. The van der Waals surface area contributed by atoms with E-state index in [-0.39, 0.29) is 0 Å². The van der Waals surface area contributed by atoms with E-state index in [2.05, 4.69) is 0 Å². The maximum atomic E-state index is 11.7. The molecule has 0 aliphatic rings. The molecular formula is C9H9F. The predicted molar refractivity (Wildman–Crippen MR) is 41.3 cm³/mol. The van der Waals surface area contributed by atoms with E-state index in [1.807, 2.05) is 31.2 Å². The van der Waals surface area contributed by atoms with Crippen molar-refractivity contribution in [3.63, 3.8) is 0 Å². The summed E-state index contributed by atoms with van der Waals surface area (Å²) in [6.45, 7) is 1.95. The van der Waals surface area contributed by atoms with Gasteiger partial charge in [-0.2, -0.15) is 0 Å². The summed E-state index contributed by atoms with van der Waals surface area (Å²) in [6.07, 6.45) is 2.01. The van der Waals surface area contributed by atoms with Crippen LogP contribution >= 0.6 is 0 Å². The molecule has 1 aromatic rings. The zero-order chi connectivity index (χ0) is 7.40. The summed E-state index contributed by atoms with van der Waals surface area (Å²) in [5.74, 6) is 0. The van der Waals surface area contributed by atoms with Gasteiger partial charge in [0.05, 0.1) is 6.33 Å². The zero-order valence-electron chi connectivity index (χ0n) is 5.84. The largest absolute Gasteiger partial charge is 0.216 e. The molecule has 0 fully saturated rings. The smallest absolute Gasteiger partial charge is 0.0872 e. The van der Waals surface area contributed by atoms with Gasteiger partial charge in [0.15, 0.2) is 0 Å². The molecule has 0 aliphatic carbocycles. The second-order valence-corrected chi connectivity index (χ2v) is 2.15. The van der Waals surface area contributed by atoms with Gasteiger partial charge in [-0.15, -0.1) is 0 Å². The minimum atomic E-state index is 0.558. The molecule has 0 N–H and O–H groups in total. The molecule has 0 radical (unpaired) electrons. The molecule has 1 rings (SSSR count). The van der Waals surface area contributed by atoms with Gasteiger partial charge in [0.25, 0.3) is 0 Å². The minimum Gasteiger partial charge on any atom is -0.216 e. The lowest BCUT2D eigenvalue weighted by Gasteiger charge is -1.95. The van der Waals surface area contributed by atoms with Crippen LogP contribution in [0.4, 0.5) is 4.39 Å². The van der Waals surface area contributed by atoms with Crippen molar-refractivity contribution in [3.05, 3.63) is 41.7 Å². The Hall–Kier alpha value is -1.11. The van der Waals surface area contributed by atoms with E-state index in [1.165, 1.54) is 6.08 Å². The Balaban J connectivity index is 3.03. The van der Waals surface area contributed by atoms with Crippen molar-refractivity contribution in [1.29, 1.82) is 0 Å². The van der Waals surface area contributed by atoms with Crippen LogP contribution in [0.15, 0.2) is 30.6 Å². The number of benzene rings is 1. The molecule has 0 nitrogen and oxygen atoms in total. The summed E-state index contributed by atoms with van der Waals surface area (Å²) in [4.78, 5) is 0. The SMILES string of the molecule is Cc1ccccc1/C=C/F. The van der Waals surface area contributed by atoms with Crippen LogP contribution in [0.25, 0.3) is 6.08 Å². The molecule has 0 atom stereocenters. The molecule has 0 spiro atoms. The molecule has 0 unspecified atom stereocenters. The normalized spacial score (nSPS) is 10.6. The van der Waals surface area contributed by atoms with Crippen LogP contribution in [0.2, 0.25) is 0 Å². The highest BCUT2D eigenvalue weighted by atomic mass is 19.1. The lowest BCUT2D eigenvalue weighted by molar-refractivity contribution is 0.727. The van der Waals surface area contributed by atoms with Gasteiger partial charge in [0.1, 0.15) is 0 Å².